The van der Waals surface area contributed by atoms with E-state index in [1.807, 2.05) is 0 Å². The predicted molar refractivity (Wildman–Crippen MR) is 135 cm³/mol. The minimum absolute atomic E-state index is 0.0257. The number of benzene rings is 1. The molecule has 204 valence electrons. The zero-order valence-corrected chi connectivity index (χ0v) is 21.5. The van der Waals surface area contributed by atoms with Gasteiger partial charge in [0.25, 0.3) is 5.91 Å². The summed E-state index contributed by atoms with van der Waals surface area (Å²) in [4.78, 5) is 41.0. The second-order valence-electron chi connectivity index (χ2n) is 11.3. The Kier molecular flexibility index (Phi) is 6.40. The molecule has 1 amide bonds. The molecule has 5 atom stereocenters. The van der Waals surface area contributed by atoms with Crippen LogP contribution in [0.2, 0.25) is 0 Å². The minimum atomic E-state index is -2.82. The van der Waals surface area contributed by atoms with Crippen molar-refractivity contribution in [3.05, 3.63) is 51.5 Å². The van der Waals surface area contributed by atoms with Crippen LogP contribution in [0.1, 0.15) is 60.0 Å². The summed E-state index contributed by atoms with van der Waals surface area (Å²) in [6.45, 7) is 3.76. The van der Waals surface area contributed by atoms with E-state index in [2.05, 4.69) is 11.9 Å². The van der Waals surface area contributed by atoms with E-state index in [0.717, 1.165) is 32.4 Å². The average molecular weight is 527 g/mol. The molecular weight excluding hydrogens is 492 g/mol. The fraction of sp³-hybridized carbons (Fsp3) is 0.536. The first-order valence-corrected chi connectivity index (χ1v) is 13.1. The molecule has 0 radical (unpaired) electrons. The number of phenols is 1. The molecule has 0 spiro atoms. The second-order valence-corrected chi connectivity index (χ2v) is 11.3. The number of hydrogen-bond acceptors (Lipinski definition) is 9. The Balaban J connectivity index is 1.55. The van der Waals surface area contributed by atoms with Crippen molar-refractivity contribution in [2.75, 3.05) is 20.1 Å². The number of phenolic OH excluding ortho intramolecular Hbond substituents is 1. The number of amides is 1. The lowest BCUT2D eigenvalue weighted by atomic mass is 9.56. The van der Waals surface area contributed by atoms with E-state index in [0.29, 0.717) is 23.5 Å². The third-order valence-corrected chi connectivity index (χ3v) is 9.24. The van der Waals surface area contributed by atoms with Gasteiger partial charge in [-0.15, -0.1) is 0 Å². The minimum Gasteiger partial charge on any atom is -0.511 e. The van der Waals surface area contributed by atoms with Crippen LogP contribution in [-0.2, 0) is 16.0 Å². The van der Waals surface area contributed by atoms with Crippen LogP contribution in [-0.4, -0.2) is 79.7 Å². The number of primary amides is 1. The molecule has 4 aliphatic rings. The maximum absolute atomic E-state index is 13.8. The molecule has 10 nitrogen and oxygen atoms in total. The SMILES string of the molecule is C[C@H]1c2ccc(CCC3CCN(C)CC3)c(O)c2C(=O)C2=C(O)[C@]3(O)C(=O)C(C(N)=O)=C(O)C[C@@H]3[C@@H](O)[C@@H]21. The van der Waals surface area contributed by atoms with Gasteiger partial charge in [-0.05, 0) is 68.8 Å². The van der Waals surface area contributed by atoms with Crippen LogP contribution in [0.4, 0.5) is 0 Å². The van der Waals surface area contributed by atoms with Crippen LogP contribution in [0.5, 0.6) is 5.75 Å². The summed E-state index contributed by atoms with van der Waals surface area (Å²) in [6, 6.07) is 3.53. The van der Waals surface area contributed by atoms with Gasteiger partial charge in [0, 0.05) is 23.8 Å². The quantitative estimate of drug-likeness (QED) is 0.316. The highest BCUT2D eigenvalue weighted by molar-refractivity contribution is 6.24. The lowest BCUT2D eigenvalue weighted by Crippen LogP contribution is -2.62. The van der Waals surface area contributed by atoms with E-state index in [1.165, 1.54) is 0 Å². The normalized spacial score (nSPS) is 32.2. The standard InChI is InChI=1S/C28H34N2O8/c1-12-15-6-5-14(4-3-13-7-9-30(2)10-8-13)22(32)19(15)24(34)21-18(12)23(33)16-11-17(31)20(27(29)37)25(35)28(16,38)26(21)36/h5-6,12-13,16,18,23,31-33,36,38H,3-4,7-11H2,1-2H3,(H2,29,37)/t12-,16+,18+,23+,28+/m0/s1. The number of fused-ring (bicyclic) bond motifs is 3. The molecule has 5 rings (SSSR count). The number of aromatic hydroxyl groups is 1. The lowest BCUT2D eigenvalue weighted by Gasteiger charge is -2.50. The molecule has 38 heavy (non-hydrogen) atoms. The molecular formula is C28H34N2O8. The molecule has 0 saturated carbocycles. The zero-order valence-electron chi connectivity index (χ0n) is 21.5. The highest BCUT2D eigenvalue weighted by Gasteiger charge is 2.64. The second kappa shape index (κ2) is 9.21. The molecule has 1 aromatic carbocycles. The monoisotopic (exact) mass is 526 g/mol. The lowest BCUT2D eigenvalue weighted by molar-refractivity contribution is -0.154. The van der Waals surface area contributed by atoms with E-state index >= 15 is 0 Å². The first-order chi connectivity index (χ1) is 17.9. The maximum atomic E-state index is 13.8. The Labute approximate surface area is 220 Å². The van der Waals surface area contributed by atoms with Crippen molar-refractivity contribution >= 4 is 17.5 Å². The number of Topliss-reactive ketones (excluding diaryl/α,β-unsaturated/α-hetero) is 2. The molecule has 1 heterocycles. The molecule has 3 aliphatic carbocycles. The van der Waals surface area contributed by atoms with Crippen LogP contribution in [0.25, 0.3) is 0 Å². The number of hydrogen-bond donors (Lipinski definition) is 6. The van der Waals surface area contributed by atoms with Gasteiger partial charge in [0.15, 0.2) is 11.4 Å². The molecule has 1 aliphatic heterocycles. The number of nitrogens with zero attached hydrogens (tertiary/aromatic N) is 1. The molecule has 0 aromatic heterocycles. The summed E-state index contributed by atoms with van der Waals surface area (Å²) in [5.74, 6) is -7.83. The Hall–Kier alpha value is -3.21. The number of likely N-dealkylation sites (tertiary alicyclic amines) is 1. The first-order valence-electron chi connectivity index (χ1n) is 13.1. The van der Waals surface area contributed by atoms with Crippen molar-refractivity contribution in [3.63, 3.8) is 0 Å². The summed E-state index contributed by atoms with van der Waals surface area (Å²) in [7, 11) is 2.09. The summed E-state index contributed by atoms with van der Waals surface area (Å²) in [6.07, 6.45) is 1.51. The van der Waals surface area contributed by atoms with Crippen LogP contribution in [0.3, 0.4) is 0 Å². The van der Waals surface area contributed by atoms with Crippen LogP contribution >= 0.6 is 0 Å². The van der Waals surface area contributed by atoms with Crippen molar-refractivity contribution in [1.29, 1.82) is 0 Å². The van der Waals surface area contributed by atoms with Crippen molar-refractivity contribution in [2.24, 2.45) is 23.5 Å². The van der Waals surface area contributed by atoms with Gasteiger partial charge in [0.2, 0.25) is 5.78 Å². The van der Waals surface area contributed by atoms with Gasteiger partial charge in [-0.3, -0.25) is 14.4 Å². The van der Waals surface area contributed by atoms with Gasteiger partial charge in [-0.2, -0.15) is 0 Å². The van der Waals surface area contributed by atoms with Crippen LogP contribution < -0.4 is 5.73 Å². The highest BCUT2D eigenvalue weighted by Crippen LogP contribution is 2.55. The number of allylic oxidation sites excluding steroid dienone is 1. The Morgan fingerprint density at radius 3 is 2.45 bits per heavy atom. The van der Waals surface area contributed by atoms with Gasteiger partial charge in [-0.1, -0.05) is 19.1 Å². The summed E-state index contributed by atoms with van der Waals surface area (Å²) in [5.41, 5.74) is 2.20. The van der Waals surface area contributed by atoms with E-state index in [1.54, 1.807) is 19.1 Å². The highest BCUT2D eigenvalue weighted by atomic mass is 16.4. The van der Waals surface area contributed by atoms with Crippen molar-refractivity contribution in [3.8, 4) is 5.75 Å². The fourth-order valence-corrected chi connectivity index (χ4v) is 6.95. The molecule has 7 N–H and O–H groups in total. The Morgan fingerprint density at radius 1 is 1.16 bits per heavy atom. The maximum Gasteiger partial charge on any atom is 0.255 e. The van der Waals surface area contributed by atoms with Gasteiger partial charge in [0.05, 0.1) is 11.7 Å². The number of aliphatic hydroxyl groups excluding tert-OH is 3. The third kappa shape index (κ3) is 3.69. The number of aliphatic hydroxyl groups is 4. The third-order valence-electron chi connectivity index (χ3n) is 9.24. The number of piperidine rings is 1. The number of nitrogens with two attached hydrogens (primary N) is 1. The van der Waals surface area contributed by atoms with Gasteiger partial charge >= 0.3 is 0 Å². The number of aryl methyl sites for hydroxylation is 1. The van der Waals surface area contributed by atoms with E-state index in [-0.39, 0.29) is 16.9 Å². The van der Waals surface area contributed by atoms with Gasteiger partial charge in [-0.25, -0.2) is 0 Å². The van der Waals surface area contributed by atoms with Gasteiger partial charge in [0.1, 0.15) is 22.8 Å². The molecule has 0 unspecified atom stereocenters. The smallest absolute Gasteiger partial charge is 0.255 e. The molecule has 1 fully saturated rings. The predicted octanol–water partition coefficient (Wildman–Crippen LogP) is 1.39. The van der Waals surface area contributed by atoms with Gasteiger partial charge < -0.3 is 36.2 Å². The number of rotatable bonds is 4. The Bertz CT molecular complexity index is 1290. The number of carbonyl (C=O) groups excluding carboxylic acids is 3. The molecule has 0 bridgehead atoms. The molecule has 1 aromatic rings. The van der Waals surface area contributed by atoms with E-state index < -0.39 is 70.4 Å². The van der Waals surface area contributed by atoms with Crippen LogP contribution in [0, 0.1) is 17.8 Å². The fourth-order valence-electron chi connectivity index (χ4n) is 6.95. The first kappa shape index (κ1) is 26.4. The van der Waals surface area contributed by atoms with E-state index in [4.69, 9.17) is 5.73 Å². The van der Waals surface area contributed by atoms with Crippen molar-refractivity contribution < 1.29 is 39.9 Å². The summed E-state index contributed by atoms with van der Waals surface area (Å²) >= 11 is 0. The topological polar surface area (TPSA) is 182 Å². The number of ketones is 2. The van der Waals surface area contributed by atoms with Crippen molar-refractivity contribution in [1.82, 2.24) is 4.90 Å². The average Bonchev–Trinajstić information content (AvgIpc) is 2.86. The number of carbonyl (C=O) groups is 3. The van der Waals surface area contributed by atoms with Crippen LogP contribution in [0.15, 0.2) is 34.8 Å². The summed E-state index contributed by atoms with van der Waals surface area (Å²) in [5, 5.41) is 55.5. The summed E-state index contributed by atoms with van der Waals surface area (Å²) < 4.78 is 0. The van der Waals surface area contributed by atoms with Crippen molar-refractivity contribution in [2.45, 2.75) is 56.7 Å². The molecule has 10 heteroatoms. The molecule has 1 saturated heterocycles. The zero-order chi connectivity index (χ0) is 27.7. The Morgan fingerprint density at radius 2 is 1.82 bits per heavy atom. The van der Waals surface area contributed by atoms with E-state index in [9.17, 15) is 39.9 Å². The largest absolute Gasteiger partial charge is 0.511 e.